The van der Waals surface area contributed by atoms with Gasteiger partial charge in [0.1, 0.15) is 5.82 Å². The molecule has 3 N–H and O–H groups in total. The summed E-state index contributed by atoms with van der Waals surface area (Å²) in [5.41, 5.74) is 5.80. The highest BCUT2D eigenvalue weighted by atomic mass is 35.5. The number of nitrogens with two attached hydrogens (primary N) is 1. The second kappa shape index (κ2) is 6.02. The van der Waals surface area contributed by atoms with Crippen molar-refractivity contribution < 1.29 is 14.2 Å². The van der Waals surface area contributed by atoms with Crippen LogP contribution < -0.4 is 5.73 Å². The van der Waals surface area contributed by atoms with Crippen molar-refractivity contribution in [2.45, 2.75) is 6.10 Å². The predicted molar refractivity (Wildman–Crippen MR) is 56.2 cm³/mol. The van der Waals surface area contributed by atoms with Crippen LogP contribution in [-0.4, -0.2) is 24.9 Å². The van der Waals surface area contributed by atoms with Gasteiger partial charge in [0.2, 0.25) is 0 Å². The second-order valence-corrected chi connectivity index (χ2v) is 3.42. The van der Waals surface area contributed by atoms with Crippen LogP contribution in [-0.2, 0) is 4.74 Å². The standard InChI is InChI=1S/C10H13ClFNO2/c11-7-1-2-8(9(12)5-7)10(6-13)15-4-3-14/h1-2,5,10,14H,3-4,6,13H2. The summed E-state index contributed by atoms with van der Waals surface area (Å²) >= 11 is 5.62. The van der Waals surface area contributed by atoms with E-state index < -0.39 is 11.9 Å². The molecule has 0 aliphatic carbocycles. The van der Waals surface area contributed by atoms with E-state index in [9.17, 15) is 4.39 Å². The van der Waals surface area contributed by atoms with Crippen molar-refractivity contribution >= 4 is 11.6 Å². The molecule has 0 radical (unpaired) electrons. The number of benzene rings is 1. The molecule has 0 heterocycles. The van der Waals surface area contributed by atoms with Gasteiger partial charge in [0, 0.05) is 17.1 Å². The number of aliphatic hydroxyl groups excluding tert-OH is 1. The van der Waals surface area contributed by atoms with Gasteiger partial charge in [-0.05, 0) is 12.1 Å². The summed E-state index contributed by atoms with van der Waals surface area (Å²) in [6.45, 7) is 0.161. The van der Waals surface area contributed by atoms with Crippen molar-refractivity contribution in [3.63, 3.8) is 0 Å². The second-order valence-electron chi connectivity index (χ2n) is 2.98. The van der Waals surface area contributed by atoms with E-state index in [1.807, 2.05) is 0 Å². The lowest BCUT2D eigenvalue weighted by molar-refractivity contribution is 0.0310. The fraction of sp³-hybridized carbons (Fsp3) is 0.400. The van der Waals surface area contributed by atoms with Gasteiger partial charge >= 0.3 is 0 Å². The number of halogens is 2. The van der Waals surface area contributed by atoms with E-state index in [-0.39, 0.29) is 19.8 Å². The minimum atomic E-state index is -0.547. The zero-order valence-electron chi connectivity index (χ0n) is 8.12. The fourth-order valence-corrected chi connectivity index (χ4v) is 1.40. The van der Waals surface area contributed by atoms with Crippen LogP contribution in [0.2, 0.25) is 5.02 Å². The van der Waals surface area contributed by atoms with Crippen LogP contribution in [0.25, 0.3) is 0 Å². The Balaban J connectivity index is 2.81. The molecule has 1 aromatic carbocycles. The summed E-state index contributed by atoms with van der Waals surface area (Å²) in [7, 11) is 0. The molecule has 0 aromatic heterocycles. The van der Waals surface area contributed by atoms with E-state index in [4.69, 9.17) is 27.2 Å². The first kappa shape index (κ1) is 12.4. The largest absolute Gasteiger partial charge is 0.394 e. The molecule has 3 nitrogen and oxygen atoms in total. The van der Waals surface area contributed by atoms with Crippen LogP contribution >= 0.6 is 11.6 Å². The topological polar surface area (TPSA) is 55.5 Å². The highest BCUT2D eigenvalue weighted by Gasteiger charge is 2.14. The van der Waals surface area contributed by atoms with Gasteiger partial charge in [-0.25, -0.2) is 4.39 Å². The molecule has 0 bridgehead atoms. The molecule has 0 amide bonds. The zero-order valence-corrected chi connectivity index (χ0v) is 8.88. The van der Waals surface area contributed by atoms with Crippen molar-refractivity contribution in [1.82, 2.24) is 0 Å². The number of aliphatic hydroxyl groups is 1. The fourth-order valence-electron chi connectivity index (χ4n) is 1.24. The van der Waals surface area contributed by atoms with E-state index >= 15 is 0 Å². The van der Waals surface area contributed by atoms with E-state index in [1.54, 1.807) is 6.07 Å². The van der Waals surface area contributed by atoms with Crippen LogP contribution in [0.4, 0.5) is 4.39 Å². The predicted octanol–water partition coefficient (Wildman–Crippen LogP) is 1.49. The third-order valence-corrected chi connectivity index (χ3v) is 2.17. The maximum absolute atomic E-state index is 13.4. The first-order valence-electron chi connectivity index (χ1n) is 4.56. The summed E-state index contributed by atoms with van der Waals surface area (Å²) in [4.78, 5) is 0. The maximum Gasteiger partial charge on any atom is 0.130 e. The van der Waals surface area contributed by atoms with Crippen molar-refractivity contribution in [3.8, 4) is 0 Å². The molecule has 0 saturated carbocycles. The number of ether oxygens (including phenoxy) is 1. The third kappa shape index (κ3) is 3.43. The summed E-state index contributed by atoms with van der Waals surface area (Å²) in [6, 6.07) is 4.32. The quantitative estimate of drug-likeness (QED) is 0.810. The van der Waals surface area contributed by atoms with Gasteiger partial charge in [-0.1, -0.05) is 17.7 Å². The van der Waals surface area contributed by atoms with Crippen molar-refractivity contribution in [2.24, 2.45) is 5.73 Å². The summed E-state index contributed by atoms with van der Waals surface area (Å²) in [5, 5.41) is 8.92. The number of hydrogen-bond acceptors (Lipinski definition) is 3. The minimum Gasteiger partial charge on any atom is -0.394 e. The Kier molecular flexibility index (Phi) is 4.98. The zero-order chi connectivity index (χ0) is 11.3. The van der Waals surface area contributed by atoms with Gasteiger partial charge in [-0.15, -0.1) is 0 Å². The summed E-state index contributed by atoms with van der Waals surface area (Å²) < 4.78 is 18.6. The monoisotopic (exact) mass is 233 g/mol. The highest BCUT2D eigenvalue weighted by Crippen LogP contribution is 2.22. The molecule has 1 unspecified atom stereocenters. The molecule has 15 heavy (non-hydrogen) atoms. The summed E-state index contributed by atoms with van der Waals surface area (Å²) in [5.74, 6) is -0.448. The SMILES string of the molecule is NCC(OCCO)c1ccc(Cl)cc1F. The Bertz CT molecular complexity index is 322. The van der Waals surface area contributed by atoms with E-state index in [0.29, 0.717) is 10.6 Å². The van der Waals surface area contributed by atoms with Crippen LogP contribution in [0.5, 0.6) is 0 Å². The van der Waals surface area contributed by atoms with Crippen LogP contribution in [0, 0.1) is 5.82 Å². The Labute approximate surface area is 92.6 Å². The molecule has 1 aromatic rings. The van der Waals surface area contributed by atoms with Crippen LogP contribution in [0.3, 0.4) is 0 Å². The lowest BCUT2D eigenvalue weighted by Crippen LogP contribution is -2.18. The average molecular weight is 234 g/mol. The molecule has 0 spiro atoms. The molecule has 0 saturated heterocycles. The first-order valence-corrected chi connectivity index (χ1v) is 4.94. The van der Waals surface area contributed by atoms with Gasteiger partial charge in [-0.3, -0.25) is 0 Å². The van der Waals surface area contributed by atoms with Gasteiger partial charge in [-0.2, -0.15) is 0 Å². The van der Waals surface area contributed by atoms with Crippen molar-refractivity contribution in [1.29, 1.82) is 0 Å². The average Bonchev–Trinajstić information content (AvgIpc) is 2.21. The molecular formula is C10H13ClFNO2. The molecule has 84 valence electrons. The number of rotatable bonds is 5. The third-order valence-electron chi connectivity index (χ3n) is 1.93. The molecule has 0 aliphatic rings. The first-order chi connectivity index (χ1) is 7.19. The smallest absolute Gasteiger partial charge is 0.130 e. The van der Waals surface area contributed by atoms with Crippen LogP contribution in [0.1, 0.15) is 11.7 Å². The molecule has 0 fully saturated rings. The van der Waals surface area contributed by atoms with Crippen molar-refractivity contribution in [3.05, 3.63) is 34.6 Å². The Morgan fingerprint density at radius 2 is 2.27 bits per heavy atom. The molecular weight excluding hydrogens is 221 g/mol. The lowest BCUT2D eigenvalue weighted by Gasteiger charge is -2.16. The summed E-state index contributed by atoms with van der Waals surface area (Å²) in [6.07, 6.45) is -0.547. The Hall–Kier alpha value is -0.680. The van der Waals surface area contributed by atoms with E-state index in [2.05, 4.69) is 0 Å². The van der Waals surface area contributed by atoms with Gasteiger partial charge in [0.25, 0.3) is 0 Å². The van der Waals surface area contributed by atoms with E-state index in [1.165, 1.54) is 12.1 Å². The Morgan fingerprint density at radius 1 is 1.53 bits per heavy atom. The minimum absolute atomic E-state index is 0.119. The van der Waals surface area contributed by atoms with Crippen LogP contribution in [0.15, 0.2) is 18.2 Å². The van der Waals surface area contributed by atoms with Gasteiger partial charge < -0.3 is 15.6 Å². The van der Waals surface area contributed by atoms with Gasteiger partial charge in [0.05, 0.1) is 19.3 Å². The van der Waals surface area contributed by atoms with Crippen molar-refractivity contribution in [2.75, 3.05) is 19.8 Å². The number of hydrogen-bond donors (Lipinski definition) is 2. The molecule has 5 heteroatoms. The maximum atomic E-state index is 13.4. The van der Waals surface area contributed by atoms with Gasteiger partial charge in [0.15, 0.2) is 0 Å². The molecule has 0 aliphatic heterocycles. The normalized spacial score (nSPS) is 12.8. The lowest BCUT2D eigenvalue weighted by atomic mass is 10.1. The molecule has 1 atom stereocenters. The molecule has 1 rings (SSSR count). The highest BCUT2D eigenvalue weighted by molar-refractivity contribution is 6.30. The Morgan fingerprint density at radius 3 is 2.80 bits per heavy atom. The van der Waals surface area contributed by atoms with E-state index in [0.717, 1.165) is 0 Å².